The molecule has 20 heavy (non-hydrogen) atoms. The van der Waals surface area contributed by atoms with Gasteiger partial charge in [-0.2, -0.15) is 0 Å². The van der Waals surface area contributed by atoms with Crippen molar-refractivity contribution >= 4 is 17.5 Å². The second kappa shape index (κ2) is 6.02. The van der Waals surface area contributed by atoms with Gasteiger partial charge in [-0.25, -0.2) is 0 Å². The average molecular weight is 298 g/mol. The number of hydrogen-bond acceptors (Lipinski definition) is 3. The van der Waals surface area contributed by atoms with Crippen molar-refractivity contribution in [1.82, 2.24) is 4.90 Å². The van der Waals surface area contributed by atoms with E-state index in [2.05, 4.69) is 0 Å². The van der Waals surface area contributed by atoms with Gasteiger partial charge in [0, 0.05) is 18.1 Å². The molecule has 1 fully saturated rings. The molecule has 0 aliphatic carbocycles. The molecule has 1 saturated heterocycles. The zero-order valence-corrected chi connectivity index (χ0v) is 12.6. The Morgan fingerprint density at radius 2 is 2.30 bits per heavy atom. The van der Waals surface area contributed by atoms with Crippen LogP contribution in [0.3, 0.4) is 0 Å². The van der Waals surface area contributed by atoms with Crippen LogP contribution in [0.4, 0.5) is 0 Å². The van der Waals surface area contributed by atoms with Crippen molar-refractivity contribution in [1.29, 1.82) is 0 Å². The van der Waals surface area contributed by atoms with Crippen LogP contribution in [-0.4, -0.2) is 40.7 Å². The lowest BCUT2D eigenvalue weighted by molar-refractivity contribution is -0.144. The van der Waals surface area contributed by atoms with E-state index in [1.165, 1.54) is 0 Å². The molecule has 5 heteroatoms. The summed E-state index contributed by atoms with van der Waals surface area (Å²) >= 11 is 5.89. The number of rotatable bonds is 3. The van der Waals surface area contributed by atoms with Crippen LogP contribution in [0.5, 0.6) is 5.75 Å². The third-order valence-electron chi connectivity index (χ3n) is 3.44. The van der Waals surface area contributed by atoms with E-state index in [4.69, 9.17) is 16.3 Å². The molecule has 1 aliphatic rings. The summed E-state index contributed by atoms with van der Waals surface area (Å²) in [5.74, 6) is 0.465. The van der Waals surface area contributed by atoms with Crippen molar-refractivity contribution in [2.45, 2.75) is 38.4 Å². The molecule has 2 rings (SSSR count). The monoisotopic (exact) mass is 297 g/mol. The number of β-amino-alcohol motifs (C(OH)–C–C–N with tert-alkyl or cyclic N) is 1. The first kappa shape index (κ1) is 15.1. The summed E-state index contributed by atoms with van der Waals surface area (Å²) in [5, 5.41) is 10.6. The second-order valence-corrected chi connectivity index (χ2v) is 6.01. The number of carbonyl (C=O) groups excluding carboxylic acids is 1. The highest BCUT2D eigenvalue weighted by molar-refractivity contribution is 6.30. The van der Waals surface area contributed by atoms with Gasteiger partial charge in [0.05, 0.1) is 5.60 Å². The second-order valence-electron chi connectivity index (χ2n) is 5.58. The lowest BCUT2D eigenvalue weighted by Crippen LogP contribution is -2.51. The first-order chi connectivity index (χ1) is 9.37. The SMILES string of the molecule is CC(Oc1cccc(Cl)c1)C(=O)N1CCCC(C)(O)C1. The van der Waals surface area contributed by atoms with Crippen LogP contribution in [0, 0.1) is 0 Å². The van der Waals surface area contributed by atoms with Gasteiger partial charge >= 0.3 is 0 Å². The van der Waals surface area contributed by atoms with E-state index in [0.29, 0.717) is 23.9 Å². The van der Waals surface area contributed by atoms with Gasteiger partial charge in [-0.15, -0.1) is 0 Å². The van der Waals surface area contributed by atoms with Crippen molar-refractivity contribution in [2.24, 2.45) is 0 Å². The summed E-state index contributed by atoms with van der Waals surface area (Å²) in [6.45, 7) is 4.49. The number of nitrogens with zero attached hydrogens (tertiary/aromatic N) is 1. The predicted octanol–water partition coefficient (Wildman–Crippen LogP) is 2.48. The van der Waals surface area contributed by atoms with Crippen LogP contribution in [0.2, 0.25) is 5.02 Å². The first-order valence-electron chi connectivity index (χ1n) is 6.81. The highest BCUT2D eigenvalue weighted by Crippen LogP contribution is 2.22. The molecule has 0 aromatic heterocycles. The molecule has 2 unspecified atom stereocenters. The van der Waals surface area contributed by atoms with Gasteiger partial charge in [0.15, 0.2) is 6.10 Å². The molecule has 0 radical (unpaired) electrons. The van der Waals surface area contributed by atoms with Gasteiger partial charge in [-0.1, -0.05) is 17.7 Å². The number of benzene rings is 1. The standard InChI is InChI=1S/C15H20ClNO3/c1-11(20-13-6-3-5-12(16)9-13)14(18)17-8-4-7-15(2,19)10-17/h3,5-6,9,11,19H,4,7-8,10H2,1-2H3. The third kappa shape index (κ3) is 3.87. The fraction of sp³-hybridized carbons (Fsp3) is 0.533. The Morgan fingerprint density at radius 3 is 2.95 bits per heavy atom. The third-order valence-corrected chi connectivity index (χ3v) is 3.68. The van der Waals surface area contributed by atoms with Crippen molar-refractivity contribution in [2.75, 3.05) is 13.1 Å². The van der Waals surface area contributed by atoms with E-state index >= 15 is 0 Å². The zero-order chi connectivity index (χ0) is 14.8. The van der Waals surface area contributed by atoms with Crippen molar-refractivity contribution < 1.29 is 14.6 Å². The van der Waals surface area contributed by atoms with E-state index in [1.807, 2.05) is 0 Å². The lowest BCUT2D eigenvalue weighted by atomic mass is 9.95. The molecule has 1 amide bonds. The van der Waals surface area contributed by atoms with Gasteiger partial charge in [-0.05, 0) is 44.9 Å². The molecule has 1 aliphatic heterocycles. The molecule has 4 nitrogen and oxygen atoms in total. The smallest absolute Gasteiger partial charge is 0.263 e. The number of carbonyl (C=O) groups is 1. The minimum Gasteiger partial charge on any atom is -0.481 e. The van der Waals surface area contributed by atoms with E-state index in [0.717, 1.165) is 12.8 Å². The number of likely N-dealkylation sites (tertiary alicyclic amines) is 1. The Hall–Kier alpha value is -1.26. The summed E-state index contributed by atoms with van der Waals surface area (Å²) in [6.07, 6.45) is 0.936. The molecule has 0 spiro atoms. The Labute approximate surface area is 124 Å². The van der Waals surface area contributed by atoms with E-state index in [9.17, 15) is 9.90 Å². The molecule has 0 bridgehead atoms. The summed E-state index contributed by atoms with van der Waals surface area (Å²) in [6, 6.07) is 6.98. The summed E-state index contributed by atoms with van der Waals surface area (Å²) in [5.41, 5.74) is -0.802. The fourth-order valence-electron chi connectivity index (χ4n) is 2.46. The number of aliphatic hydroxyl groups is 1. The fourth-order valence-corrected chi connectivity index (χ4v) is 2.64. The van der Waals surface area contributed by atoms with Crippen LogP contribution >= 0.6 is 11.6 Å². The van der Waals surface area contributed by atoms with E-state index < -0.39 is 11.7 Å². The Kier molecular flexibility index (Phi) is 4.55. The van der Waals surface area contributed by atoms with Gasteiger partial charge in [0.1, 0.15) is 5.75 Å². The first-order valence-corrected chi connectivity index (χ1v) is 7.19. The number of halogens is 1. The summed E-state index contributed by atoms with van der Waals surface area (Å²) < 4.78 is 5.62. The largest absolute Gasteiger partial charge is 0.481 e. The van der Waals surface area contributed by atoms with Gasteiger partial charge < -0.3 is 14.7 Å². The maximum atomic E-state index is 12.3. The number of amides is 1. The molecule has 1 N–H and O–H groups in total. The number of ether oxygens (including phenoxy) is 1. The molecule has 1 aromatic carbocycles. The average Bonchev–Trinajstić information content (AvgIpc) is 2.36. The summed E-state index contributed by atoms with van der Waals surface area (Å²) in [7, 11) is 0. The molecular formula is C15H20ClNO3. The molecule has 110 valence electrons. The normalized spacial score (nSPS) is 24.3. The maximum absolute atomic E-state index is 12.3. The Morgan fingerprint density at radius 1 is 1.55 bits per heavy atom. The van der Waals surface area contributed by atoms with Crippen LogP contribution in [0.1, 0.15) is 26.7 Å². The lowest BCUT2D eigenvalue weighted by Gasteiger charge is -2.37. The van der Waals surface area contributed by atoms with Crippen molar-refractivity contribution in [3.05, 3.63) is 29.3 Å². The molecule has 1 aromatic rings. The molecule has 2 atom stereocenters. The van der Waals surface area contributed by atoms with Gasteiger partial charge in [0.2, 0.25) is 0 Å². The molecular weight excluding hydrogens is 278 g/mol. The quantitative estimate of drug-likeness (QED) is 0.932. The van der Waals surface area contributed by atoms with Crippen LogP contribution < -0.4 is 4.74 Å². The minimum atomic E-state index is -0.802. The topological polar surface area (TPSA) is 49.8 Å². The highest BCUT2D eigenvalue weighted by atomic mass is 35.5. The number of piperidine rings is 1. The van der Waals surface area contributed by atoms with Crippen LogP contribution in [0.15, 0.2) is 24.3 Å². The Bertz CT molecular complexity index is 490. The molecule has 0 saturated carbocycles. The highest BCUT2D eigenvalue weighted by Gasteiger charge is 2.33. The minimum absolute atomic E-state index is 0.107. The van der Waals surface area contributed by atoms with Crippen LogP contribution in [0.25, 0.3) is 0 Å². The number of hydrogen-bond donors (Lipinski definition) is 1. The van der Waals surface area contributed by atoms with Crippen molar-refractivity contribution in [3.8, 4) is 5.75 Å². The maximum Gasteiger partial charge on any atom is 0.263 e. The van der Waals surface area contributed by atoms with E-state index in [-0.39, 0.29) is 5.91 Å². The molecule has 1 heterocycles. The predicted molar refractivity (Wildman–Crippen MR) is 78.0 cm³/mol. The van der Waals surface area contributed by atoms with Crippen LogP contribution in [-0.2, 0) is 4.79 Å². The van der Waals surface area contributed by atoms with Gasteiger partial charge in [-0.3, -0.25) is 4.79 Å². The van der Waals surface area contributed by atoms with E-state index in [1.54, 1.807) is 43.0 Å². The zero-order valence-electron chi connectivity index (χ0n) is 11.8. The Balaban J connectivity index is 1.98. The van der Waals surface area contributed by atoms with Crippen molar-refractivity contribution in [3.63, 3.8) is 0 Å². The summed E-state index contributed by atoms with van der Waals surface area (Å²) in [4.78, 5) is 14.0. The van der Waals surface area contributed by atoms with Gasteiger partial charge in [0.25, 0.3) is 5.91 Å².